The first-order valence-electron chi connectivity index (χ1n) is 10.4. The Bertz CT molecular complexity index is 1320. The van der Waals surface area contributed by atoms with Crippen LogP contribution in [0.3, 0.4) is 0 Å². The van der Waals surface area contributed by atoms with Gasteiger partial charge < -0.3 is 9.80 Å². The summed E-state index contributed by atoms with van der Waals surface area (Å²) in [7, 11) is 2.06. The van der Waals surface area contributed by atoms with Gasteiger partial charge in [0.15, 0.2) is 0 Å². The van der Waals surface area contributed by atoms with E-state index in [1.54, 1.807) is 16.7 Å². The van der Waals surface area contributed by atoms with Crippen molar-refractivity contribution in [1.29, 1.82) is 5.26 Å². The highest BCUT2D eigenvalue weighted by Gasteiger charge is 2.27. The topological polar surface area (TPSA) is 65.2 Å². The molecular weight excluding hydrogens is 468 g/mol. The van der Waals surface area contributed by atoms with Crippen LogP contribution in [0.2, 0.25) is 5.02 Å². The van der Waals surface area contributed by atoms with Crippen LogP contribution in [-0.2, 0) is 6.54 Å². The standard InChI is InChI=1S/C21H19ClF2N4OS.C2H3N/c1-26-4-6-27(7-5-26)20-14-11-15(22)17(13-3-2-12(23)10-16(13)24)19-18(14)28(8-9-30-19)21(29)25-20;1-2-3/h2-3,10-11H,4-9H2,1H3;1H3. The number of aryl methyl sites for hydroxylation is 1. The maximum absolute atomic E-state index is 14.6. The van der Waals surface area contributed by atoms with Gasteiger partial charge in [0.25, 0.3) is 0 Å². The molecule has 1 saturated heterocycles. The fourth-order valence-corrected chi connectivity index (χ4v) is 5.71. The van der Waals surface area contributed by atoms with E-state index < -0.39 is 11.6 Å². The molecule has 3 aromatic rings. The quantitative estimate of drug-likeness (QED) is 0.532. The van der Waals surface area contributed by atoms with Crippen LogP contribution in [0.1, 0.15) is 6.92 Å². The molecule has 1 fully saturated rings. The number of piperazine rings is 1. The molecule has 3 heterocycles. The number of benzene rings is 2. The SMILES string of the molecule is CC#N.CN1CCN(c2nc(=O)n3c4c(c(-c5ccc(F)cc5F)c(Cl)cc24)SCC3)CC1. The fourth-order valence-electron chi connectivity index (χ4n) is 4.15. The van der Waals surface area contributed by atoms with Crippen molar-refractivity contribution in [2.45, 2.75) is 18.4 Å². The van der Waals surface area contributed by atoms with Gasteiger partial charge in [0.05, 0.1) is 16.6 Å². The van der Waals surface area contributed by atoms with Crippen molar-refractivity contribution in [1.82, 2.24) is 14.5 Å². The van der Waals surface area contributed by atoms with Crippen LogP contribution in [0.5, 0.6) is 0 Å². The van der Waals surface area contributed by atoms with Crippen molar-refractivity contribution in [3.05, 3.63) is 51.4 Å². The monoisotopic (exact) mass is 489 g/mol. The molecule has 0 spiro atoms. The maximum Gasteiger partial charge on any atom is 0.350 e. The van der Waals surface area contributed by atoms with Gasteiger partial charge in [0.1, 0.15) is 17.5 Å². The second kappa shape index (κ2) is 9.67. The van der Waals surface area contributed by atoms with Crippen LogP contribution >= 0.6 is 23.4 Å². The molecular formula is C23H22ClF2N5OS. The Morgan fingerprint density at radius 2 is 1.85 bits per heavy atom. The van der Waals surface area contributed by atoms with Gasteiger partial charge in [-0.25, -0.2) is 13.6 Å². The molecule has 2 aliphatic rings. The van der Waals surface area contributed by atoms with Gasteiger partial charge in [0, 0.05) is 72.9 Å². The minimum Gasteiger partial charge on any atom is -0.353 e. The summed E-state index contributed by atoms with van der Waals surface area (Å²) in [5, 5.41) is 8.47. The normalized spacial score (nSPS) is 15.7. The number of hydrogen-bond acceptors (Lipinski definition) is 6. The number of nitrogens with zero attached hydrogens (tertiary/aromatic N) is 5. The second-order valence-electron chi connectivity index (χ2n) is 7.81. The molecule has 1 aromatic heterocycles. The highest BCUT2D eigenvalue weighted by molar-refractivity contribution is 7.99. The predicted octanol–water partition coefficient (Wildman–Crippen LogP) is 4.38. The summed E-state index contributed by atoms with van der Waals surface area (Å²) in [6.07, 6.45) is 0. The van der Waals surface area contributed by atoms with Crippen LogP contribution in [-0.4, -0.2) is 53.4 Å². The van der Waals surface area contributed by atoms with E-state index in [0.717, 1.165) is 48.0 Å². The summed E-state index contributed by atoms with van der Waals surface area (Å²) >= 11 is 8.20. The highest BCUT2D eigenvalue weighted by atomic mass is 35.5. The molecule has 5 rings (SSSR count). The van der Waals surface area contributed by atoms with Gasteiger partial charge in [-0.2, -0.15) is 10.2 Å². The molecule has 33 heavy (non-hydrogen) atoms. The summed E-state index contributed by atoms with van der Waals surface area (Å²) in [4.78, 5) is 22.3. The number of nitriles is 1. The van der Waals surface area contributed by atoms with Gasteiger partial charge in [-0.15, -0.1) is 11.8 Å². The Morgan fingerprint density at radius 3 is 2.52 bits per heavy atom. The first kappa shape index (κ1) is 23.5. The predicted molar refractivity (Wildman–Crippen MR) is 128 cm³/mol. The molecule has 6 nitrogen and oxygen atoms in total. The highest BCUT2D eigenvalue weighted by Crippen LogP contribution is 2.46. The average molecular weight is 490 g/mol. The molecule has 0 aliphatic carbocycles. The summed E-state index contributed by atoms with van der Waals surface area (Å²) < 4.78 is 29.7. The van der Waals surface area contributed by atoms with Crippen molar-refractivity contribution < 1.29 is 8.78 Å². The number of thioether (sulfide) groups is 1. The molecule has 0 bridgehead atoms. The number of likely N-dealkylation sites (N-methyl/N-ethyl adjacent to an activating group) is 1. The third kappa shape index (κ3) is 4.43. The first-order valence-corrected chi connectivity index (χ1v) is 11.8. The number of rotatable bonds is 2. The number of hydrogen-bond donors (Lipinski definition) is 0. The minimum absolute atomic E-state index is 0.227. The molecule has 2 aliphatic heterocycles. The Kier molecular flexibility index (Phi) is 6.88. The van der Waals surface area contributed by atoms with Crippen molar-refractivity contribution in [2.75, 3.05) is 43.9 Å². The van der Waals surface area contributed by atoms with E-state index in [1.807, 2.05) is 0 Å². The molecule has 0 atom stereocenters. The lowest BCUT2D eigenvalue weighted by molar-refractivity contribution is 0.312. The molecule has 0 amide bonds. The third-order valence-corrected chi connectivity index (χ3v) is 7.09. The Hall–Kier alpha value is -2.67. The lowest BCUT2D eigenvalue weighted by atomic mass is 10.0. The van der Waals surface area contributed by atoms with Crippen LogP contribution < -0.4 is 10.6 Å². The largest absolute Gasteiger partial charge is 0.353 e. The second-order valence-corrected chi connectivity index (χ2v) is 9.33. The van der Waals surface area contributed by atoms with E-state index in [1.165, 1.54) is 30.8 Å². The van der Waals surface area contributed by atoms with Crippen molar-refractivity contribution in [3.8, 4) is 17.2 Å². The molecule has 10 heteroatoms. The molecule has 0 saturated carbocycles. The van der Waals surface area contributed by atoms with E-state index in [4.69, 9.17) is 16.9 Å². The van der Waals surface area contributed by atoms with Gasteiger partial charge in [0.2, 0.25) is 0 Å². The Morgan fingerprint density at radius 1 is 1.15 bits per heavy atom. The molecule has 2 aromatic carbocycles. The van der Waals surface area contributed by atoms with Crippen molar-refractivity contribution in [3.63, 3.8) is 0 Å². The lowest BCUT2D eigenvalue weighted by Gasteiger charge is -2.34. The van der Waals surface area contributed by atoms with Gasteiger partial charge in [-0.3, -0.25) is 4.57 Å². The first-order chi connectivity index (χ1) is 15.8. The summed E-state index contributed by atoms with van der Waals surface area (Å²) in [6.45, 7) is 5.23. The number of anilines is 1. The molecule has 0 unspecified atom stereocenters. The van der Waals surface area contributed by atoms with E-state index in [-0.39, 0.29) is 11.3 Å². The van der Waals surface area contributed by atoms with E-state index in [9.17, 15) is 13.6 Å². The van der Waals surface area contributed by atoms with Gasteiger partial charge >= 0.3 is 5.69 Å². The molecule has 0 N–H and O–H groups in total. The van der Waals surface area contributed by atoms with Crippen LogP contribution in [0, 0.1) is 23.0 Å². The number of halogens is 3. The van der Waals surface area contributed by atoms with Crippen molar-refractivity contribution in [2.24, 2.45) is 0 Å². The van der Waals surface area contributed by atoms with Crippen LogP contribution in [0.4, 0.5) is 14.6 Å². The lowest BCUT2D eigenvalue weighted by Crippen LogP contribution is -2.45. The van der Waals surface area contributed by atoms with Gasteiger partial charge in [-0.05, 0) is 25.2 Å². The van der Waals surface area contributed by atoms with Crippen molar-refractivity contribution >= 4 is 40.1 Å². The molecule has 172 valence electrons. The summed E-state index contributed by atoms with van der Waals surface area (Å²) in [5.74, 6) is -0.0572. The molecule has 0 radical (unpaired) electrons. The third-order valence-electron chi connectivity index (χ3n) is 5.71. The summed E-state index contributed by atoms with van der Waals surface area (Å²) in [6, 6.07) is 6.98. The van der Waals surface area contributed by atoms with Crippen LogP contribution in [0.25, 0.3) is 22.0 Å². The van der Waals surface area contributed by atoms with E-state index in [0.29, 0.717) is 28.7 Å². The Labute approximate surface area is 199 Å². The summed E-state index contributed by atoms with van der Waals surface area (Å²) in [5.41, 5.74) is 1.13. The van der Waals surface area contributed by atoms with Crippen LogP contribution in [0.15, 0.2) is 34.0 Å². The fraction of sp³-hybridized carbons (Fsp3) is 0.348. The zero-order valence-electron chi connectivity index (χ0n) is 18.2. The van der Waals surface area contributed by atoms with E-state index in [2.05, 4.69) is 21.8 Å². The zero-order valence-corrected chi connectivity index (χ0v) is 19.8. The maximum atomic E-state index is 14.6. The average Bonchev–Trinajstić information content (AvgIpc) is 2.78. The smallest absolute Gasteiger partial charge is 0.350 e. The number of aromatic nitrogens is 2. The zero-order chi connectivity index (χ0) is 23.7. The van der Waals surface area contributed by atoms with E-state index >= 15 is 0 Å². The Balaban J connectivity index is 0.000000821. The minimum atomic E-state index is -0.680. The van der Waals surface area contributed by atoms with Gasteiger partial charge in [-0.1, -0.05) is 11.6 Å².